The van der Waals surface area contributed by atoms with E-state index in [-0.39, 0.29) is 11.5 Å². The molecule has 0 bridgehead atoms. The molecule has 1 fully saturated rings. The molecule has 22 heavy (non-hydrogen) atoms. The number of nitrogens with zero attached hydrogens (tertiary/aromatic N) is 2. The molecule has 2 aromatic rings. The van der Waals surface area contributed by atoms with Crippen LogP contribution in [0.3, 0.4) is 0 Å². The summed E-state index contributed by atoms with van der Waals surface area (Å²) in [6, 6.07) is 3.73. The minimum atomic E-state index is -0.217. The van der Waals surface area contributed by atoms with Crippen molar-refractivity contribution in [1.82, 2.24) is 9.38 Å². The van der Waals surface area contributed by atoms with Crippen LogP contribution in [0.4, 0.5) is 5.69 Å². The molecule has 0 unspecified atom stereocenters. The summed E-state index contributed by atoms with van der Waals surface area (Å²) in [5.74, 6) is 0.375. The monoisotopic (exact) mass is 299 g/mol. The largest absolute Gasteiger partial charge is 0.320 e. The average molecular weight is 299 g/mol. The summed E-state index contributed by atoms with van der Waals surface area (Å²) in [5, 5.41) is 2.78. The first-order valence-electron chi connectivity index (χ1n) is 7.84. The van der Waals surface area contributed by atoms with Gasteiger partial charge in [-0.2, -0.15) is 0 Å². The predicted molar refractivity (Wildman–Crippen MR) is 86.1 cm³/mol. The van der Waals surface area contributed by atoms with E-state index in [1.165, 1.54) is 17.2 Å². The summed E-state index contributed by atoms with van der Waals surface area (Å²) < 4.78 is 1.49. The van der Waals surface area contributed by atoms with Crippen LogP contribution in [-0.2, 0) is 4.79 Å². The van der Waals surface area contributed by atoms with Crippen LogP contribution < -0.4 is 10.9 Å². The molecule has 2 heterocycles. The molecule has 0 radical (unpaired) electrons. The van der Waals surface area contributed by atoms with Crippen molar-refractivity contribution in [2.24, 2.45) is 5.92 Å². The summed E-state index contributed by atoms with van der Waals surface area (Å²) in [6.45, 7) is 3.68. The zero-order valence-electron chi connectivity index (χ0n) is 13.1. The summed E-state index contributed by atoms with van der Waals surface area (Å²) in [4.78, 5) is 29.2. The summed E-state index contributed by atoms with van der Waals surface area (Å²) in [7, 11) is 0. The number of nitrogens with one attached hydrogen (secondary N) is 1. The van der Waals surface area contributed by atoms with E-state index < -0.39 is 0 Å². The summed E-state index contributed by atoms with van der Waals surface area (Å²) in [5.41, 5.74) is 2.22. The lowest BCUT2D eigenvalue weighted by Gasteiger charge is -2.12. The first kappa shape index (κ1) is 14.8. The van der Waals surface area contributed by atoms with E-state index in [2.05, 4.69) is 10.3 Å². The van der Waals surface area contributed by atoms with Crippen LogP contribution in [-0.4, -0.2) is 15.3 Å². The molecule has 0 spiro atoms. The number of amides is 1. The number of fused-ring (bicyclic) bond motifs is 1. The predicted octanol–water partition coefficient (Wildman–Crippen LogP) is 2.83. The number of hydrogen-bond acceptors (Lipinski definition) is 3. The van der Waals surface area contributed by atoms with Gasteiger partial charge in [-0.25, -0.2) is 4.98 Å². The van der Waals surface area contributed by atoms with Crippen LogP contribution in [0.1, 0.15) is 43.4 Å². The highest BCUT2D eigenvalue weighted by atomic mass is 16.2. The summed E-state index contributed by atoms with van der Waals surface area (Å²) in [6.07, 6.45) is 6.88. The minimum absolute atomic E-state index is 0.0819. The van der Waals surface area contributed by atoms with Crippen LogP contribution in [0, 0.1) is 19.8 Å². The molecule has 0 saturated heterocycles. The van der Waals surface area contributed by atoms with Crippen LogP contribution in [0.25, 0.3) is 5.65 Å². The average Bonchev–Trinajstić information content (AvgIpc) is 2.97. The van der Waals surface area contributed by atoms with Crippen molar-refractivity contribution in [2.75, 3.05) is 5.32 Å². The van der Waals surface area contributed by atoms with Gasteiger partial charge in [0.15, 0.2) is 0 Å². The van der Waals surface area contributed by atoms with Gasteiger partial charge in [0, 0.05) is 12.6 Å². The topological polar surface area (TPSA) is 63.5 Å². The van der Waals surface area contributed by atoms with E-state index in [1.807, 2.05) is 19.1 Å². The Bertz CT molecular complexity index is 773. The number of carbonyl (C=O) groups is 1. The highest BCUT2D eigenvalue weighted by Crippen LogP contribution is 2.27. The Morgan fingerprint density at radius 3 is 2.77 bits per heavy atom. The molecule has 1 amide bonds. The normalized spacial score (nSPS) is 15.4. The third-order valence-electron chi connectivity index (χ3n) is 4.36. The fraction of sp³-hybridized carbons (Fsp3) is 0.471. The molecule has 0 aliphatic heterocycles. The molecule has 3 rings (SSSR count). The fourth-order valence-electron chi connectivity index (χ4n) is 3.17. The van der Waals surface area contributed by atoms with Crippen molar-refractivity contribution in [3.8, 4) is 0 Å². The lowest BCUT2D eigenvalue weighted by atomic mass is 10.0. The van der Waals surface area contributed by atoms with Gasteiger partial charge in [-0.05, 0) is 44.2 Å². The van der Waals surface area contributed by atoms with E-state index >= 15 is 0 Å². The number of aryl methyl sites for hydroxylation is 2. The fourth-order valence-corrected chi connectivity index (χ4v) is 3.17. The molecule has 1 N–H and O–H groups in total. The van der Waals surface area contributed by atoms with E-state index in [4.69, 9.17) is 0 Å². The molecule has 0 atom stereocenters. The number of pyridine rings is 1. The Balaban J connectivity index is 1.89. The van der Waals surface area contributed by atoms with Crippen molar-refractivity contribution in [3.63, 3.8) is 0 Å². The van der Waals surface area contributed by atoms with Crippen molar-refractivity contribution in [3.05, 3.63) is 39.9 Å². The van der Waals surface area contributed by atoms with E-state index in [0.717, 1.165) is 18.4 Å². The second-order valence-corrected chi connectivity index (χ2v) is 6.21. The smallest absolute Gasteiger partial charge is 0.281 e. The van der Waals surface area contributed by atoms with Crippen LogP contribution in [0.15, 0.2) is 23.1 Å². The Kier molecular flexibility index (Phi) is 3.96. The van der Waals surface area contributed by atoms with Gasteiger partial charge in [-0.15, -0.1) is 0 Å². The molecule has 1 aliphatic carbocycles. The lowest BCUT2D eigenvalue weighted by Crippen LogP contribution is -2.25. The van der Waals surface area contributed by atoms with Gasteiger partial charge >= 0.3 is 0 Å². The van der Waals surface area contributed by atoms with E-state index in [9.17, 15) is 9.59 Å². The maximum Gasteiger partial charge on any atom is 0.281 e. The second kappa shape index (κ2) is 5.91. The Morgan fingerprint density at radius 1 is 1.32 bits per heavy atom. The Hall–Kier alpha value is -2.17. The molecule has 1 aliphatic rings. The maximum absolute atomic E-state index is 12.6. The van der Waals surface area contributed by atoms with Gasteiger partial charge in [0.25, 0.3) is 5.56 Å². The van der Waals surface area contributed by atoms with Gasteiger partial charge in [0.2, 0.25) is 5.91 Å². The van der Waals surface area contributed by atoms with Crippen molar-refractivity contribution in [1.29, 1.82) is 0 Å². The maximum atomic E-state index is 12.6. The van der Waals surface area contributed by atoms with Gasteiger partial charge in [-0.1, -0.05) is 18.9 Å². The standard InChI is InChI=1S/C17H21N3O2/c1-11-7-8-14-18-12(2)16(17(22)20(14)10-11)19-15(21)9-13-5-3-4-6-13/h7-8,10,13H,3-6,9H2,1-2H3,(H,19,21). The van der Waals surface area contributed by atoms with Crippen molar-refractivity contribution >= 4 is 17.2 Å². The molecule has 1 saturated carbocycles. The molecular formula is C17H21N3O2. The molecule has 5 nitrogen and oxygen atoms in total. The summed E-state index contributed by atoms with van der Waals surface area (Å²) >= 11 is 0. The highest BCUT2D eigenvalue weighted by molar-refractivity contribution is 5.91. The molecule has 116 valence electrons. The van der Waals surface area contributed by atoms with Crippen LogP contribution >= 0.6 is 0 Å². The van der Waals surface area contributed by atoms with Crippen molar-refractivity contribution in [2.45, 2.75) is 46.0 Å². The number of anilines is 1. The Labute approximate surface area is 129 Å². The SMILES string of the molecule is Cc1ccc2nc(C)c(NC(=O)CC3CCCC3)c(=O)n2c1. The third-order valence-corrected chi connectivity index (χ3v) is 4.36. The van der Waals surface area contributed by atoms with Crippen molar-refractivity contribution < 1.29 is 4.79 Å². The van der Waals surface area contributed by atoms with Crippen LogP contribution in [0.2, 0.25) is 0 Å². The van der Waals surface area contributed by atoms with Gasteiger partial charge in [0.05, 0.1) is 5.69 Å². The first-order chi connectivity index (χ1) is 10.5. The number of hydrogen-bond donors (Lipinski definition) is 1. The van der Waals surface area contributed by atoms with Gasteiger partial charge in [-0.3, -0.25) is 14.0 Å². The van der Waals surface area contributed by atoms with E-state index in [1.54, 1.807) is 13.1 Å². The van der Waals surface area contributed by atoms with Gasteiger partial charge in [0.1, 0.15) is 11.3 Å². The second-order valence-electron chi connectivity index (χ2n) is 6.21. The molecule has 5 heteroatoms. The van der Waals surface area contributed by atoms with Gasteiger partial charge < -0.3 is 5.32 Å². The zero-order chi connectivity index (χ0) is 15.7. The lowest BCUT2D eigenvalue weighted by molar-refractivity contribution is -0.117. The highest BCUT2D eigenvalue weighted by Gasteiger charge is 2.20. The van der Waals surface area contributed by atoms with E-state index in [0.29, 0.717) is 29.4 Å². The Morgan fingerprint density at radius 2 is 2.05 bits per heavy atom. The molecule has 0 aromatic carbocycles. The minimum Gasteiger partial charge on any atom is -0.320 e. The number of aromatic nitrogens is 2. The number of rotatable bonds is 3. The molecule has 2 aromatic heterocycles. The third kappa shape index (κ3) is 2.89. The number of carbonyl (C=O) groups excluding carboxylic acids is 1. The zero-order valence-corrected chi connectivity index (χ0v) is 13.1. The van der Waals surface area contributed by atoms with Crippen LogP contribution in [0.5, 0.6) is 0 Å². The molecular weight excluding hydrogens is 278 g/mol. The first-order valence-corrected chi connectivity index (χ1v) is 7.84. The quantitative estimate of drug-likeness (QED) is 0.948.